The number of ether oxygens (including phenoxy) is 1. The van der Waals surface area contributed by atoms with Crippen molar-refractivity contribution >= 4 is 11.9 Å². The molecule has 0 N–H and O–H groups in total. The van der Waals surface area contributed by atoms with Crippen molar-refractivity contribution in [2.75, 3.05) is 13.1 Å². The Morgan fingerprint density at radius 1 is 1.24 bits per heavy atom. The van der Waals surface area contributed by atoms with E-state index in [4.69, 9.17) is 10.00 Å². The molecule has 0 bridgehead atoms. The molecule has 1 heterocycles. The molecule has 0 aromatic heterocycles. The van der Waals surface area contributed by atoms with Gasteiger partial charge < -0.3 is 9.64 Å². The van der Waals surface area contributed by atoms with Crippen LogP contribution in [0.2, 0.25) is 0 Å². The summed E-state index contributed by atoms with van der Waals surface area (Å²) in [6, 6.07) is 8.90. The largest absolute Gasteiger partial charge is 0.459 e. The first-order valence-corrected chi connectivity index (χ1v) is 7.11. The van der Waals surface area contributed by atoms with Crippen molar-refractivity contribution in [2.24, 2.45) is 0 Å². The summed E-state index contributed by atoms with van der Waals surface area (Å²) >= 11 is 0. The number of amides is 1. The van der Waals surface area contributed by atoms with Gasteiger partial charge >= 0.3 is 5.97 Å². The van der Waals surface area contributed by atoms with Crippen molar-refractivity contribution in [1.29, 1.82) is 5.26 Å². The highest BCUT2D eigenvalue weighted by Crippen LogP contribution is 2.11. The number of nitrogens with zero attached hydrogens (tertiary/aromatic N) is 2. The zero-order chi connectivity index (χ0) is 15.1. The molecule has 1 aromatic carbocycles. The van der Waals surface area contributed by atoms with E-state index in [1.807, 2.05) is 6.07 Å². The van der Waals surface area contributed by atoms with Crippen LogP contribution in [-0.2, 0) is 20.9 Å². The summed E-state index contributed by atoms with van der Waals surface area (Å²) in [4.78, 5) is 25.2. The lowest BCUT2D eigenvalue weighted by atomic mass is 10.2. The van der Waals surface area contributed by atoms with Crippen LogP contribution in [0.1, 0.15) is 36.8 Å². The Morgan fingerprint density at radius 3 is 2.71 bits per heavy atom. The van der Waals surface area contributed by atoms with Crippen LogP contribution >= 0.6 is 0 Å². The van der Waals surface area contributed by atoms with Crippen LogP contribution in [0.25, 0.3) is 0 Å². The minimum atomic E-state index is -0.394. The number of carbonyl (C=O) groups is 2. The van der Waals surface area contributed by atoms with Gasteiger partial charge in [0.25, 0.3) is 0 Å². The summed E-state index contributed by atoms with van der Waals surface area (Å²) in [5.74, 6) is -0.363. The van der Waals surface area contributed by atoms with E-state index in [1.54, 1.807) is 29.2 Å². The molecule has 110 valence electrons. The SMILES string of the molecule is N#Cc1ccc(COC(=O)CN2CCCCCC2=O)cc1. The molecule has 21 heavy (non-hydrogen) atoms. The molecule has 0 saturated carbocycles. The van der Waals surface area contributed by atoms with E-state index in [0.717, 1.165) is 24.8 Å². The Kier molecular flexibility index (Phi) is 5.33. The normalized spacial score (nSPS) is 15.2. The van der Waals surface area contributed by atoms with E-state index in [-0.39, 0.29) is 19.1 Å². The fourth-order valence-electron chi connectivity index (χ4n) is 2.25. The van der Waals surface area contributed by atoms with Gasteiger partial charge in [0.2, 0.25) is 5.91 Å². The highest BCUT2D eigenvalue weighted by Gasteiger charge is 2.19. The summed E-state index contributed by atoms with van der Waals surface area (Å²) in [6.07, 6.45) is 3.38. The number of rotatable bonds is 4. The summed E-state index contributed by atoms with van der Waals surface area (Å²) < 4.78 is 5.18. The molecular formula is C16H18N2O3. The molecule has 0 radical (unpaired) electrons. The van der Waals surface area contributed by atoms with Gasteiger partial charge in [-0.05, 0) is 30.5 Å². The van der Waals surface area contributed by atoms with Crippen molar-refractivity contribution in [3.05, 3.63) is 35.4 Å². The Morgan fingerprint density at radius 2 is 2.00 bits per heavy atom. The quantitative estimate of drug-likeness (QED) is 0.794. The van der Waals surface area contributed by atoms with Gasteiger partial charge in [0, 0.05) is 13.0 Å². The summed E-state index contributed by atoms with van der Waals surface area (Å²) in [5, 5.41) is 8.70. The molecule has 0 aliphatic carbocycles. The molecule has 1 amide bonds. The lowest BCUT2D eigenvalue weighted by molar-refractivity contribution is -0.150. The number of likely N-dealkylation sites (tertiary alicyclic amines) is 1. The average molecular weight is 286 g/mol. The standard InChI is InChI=1S/C16H18N2O3/c17-10-13-5-7-14(8-6-13)12-21-16(20)11-18-9-3-1-2-4-15(18)19/h5-8H,1-4,9,11-12H2. The predicted octanol–water partition coefficient (Wildman–Crippen LogP) is 2.00. The van der Waals surface area contributed by atoms with Crippen LogP contribution in [0.4, 0.5) is 0 Å². The fraction of sp³-hybridized carbons (Fsp3) is 0.438. The number of esters is 1. The van der Waals surface area contributed by atoms with E-state index in [2.05, 4.69) is 0 Å². The molecule has 1 aliphatic rings. The predicted molar refractivity (Wildman–Crippen MR) is 76.0 cm³/mol. The van der Waals surface area contributed by atoms with Crippen LogP contribution in [0.15, 0.2) is 24.3 Å². The first-order chi connectivity index (χ1) is 10.2. The lowest BCUT2D eigenvalue weighted by Crippen LogP contribution is -2.35. The molecule has 0 spiro atoms. The fourth-order valence-corrected chi connectivity index (χ4v) is 2.25. The number of carbonyl (C=O) groups excluding carboxylic acids is 2. The van der Waals surface area contributed by atoms with Gasteiger partial charge in [0.05, 0.1) is 11.6 Å². The Balaban J connectivity index is 1.81. The maximum Gasteiger partial charge on any atom is 0.325 e. The molecule has 5 nitrogen and oxygen atoms in total. The number of nitriles is 1. The van der Waals surface area contributed by atoms with E-state index in [9.17, 15) is 9.59 Å². The van der Waals surface area contributed by atoms with Crippen LogP contribution < -0.4 is 0 Å². The first-order valence-electron chi connectivity index (χ1n) is 7.11. The molecule has 0 atom stereocenters. The van der Waals surface area contributed by atoms with Gasteiger partial charge in [-0.1, -0.05) is 18.6 Å². The lowest BCUT2D eigenvalue weighted by Gasteiger charge is -2.19. The zero-order valence-corrected chi connectivity index (χ0v) is 11.9. The van der Waals surface area contributed by atoms with Crippen LogP contribution in [0.5, 0.6) is 0 Å². The maximum atomic E-state index is 11.8. The van der Waals surface area contributed by atoms with E-state index >= 15 is 0 Å². The second-order valence-corrected chi connectivity index (χ2v) is 5.10. The van der Waals surface area contributed by atoms with Crippen LogP contribution in [0, 0.1) is 11.3 Å². The third-order valence-corrected chi connectivity index (χ3v) is 3.47. The van der Waals surface area contributed by atoms with E-state index in [1.165, 1.54) is 0 Å². The summed E-state index contributed by atoms with van der Waals surface area (Å²) in [7, 11) is 0. The molecular weight excluding hydrogens is 268 g/mol. The van der Waals surface area contributed by atoms with Gasteiger partial charge in [-0.3, -0.25) is 9.59 Å². The summed E-state index contributed by atoms with van der Waals surface area (Å²) in [6.45, 7) is 0.812. The highest BCUT2D eigenvalue weighted by atomic mass is 16.5. The van der Waals surface area contributed by atoms with Crippen molar-refractivity contribution in [1.82, 2.24) is 4.90 Å². The molecule has 1 aromatic rings. The maximum absolute atomic E-state index is 11.8. The third kappa shape index (κ3) is 4.60. The van der Waals surface area contributed by atoms with Gasteiger partial charge in [-0.25, -0.2) is 0 Å². The smallest absolute Gasteiger partial charge is 0.325 e. The monoisotopic (exact) mass is 286 g/mol. The minimum absolute atomic E-state index is 0.0229. The molecule has 2 rings (SSSR count). The van der Waals surface area contributed by atoms with Gasteiger partial charge in [0.1, 0.15) is 13.2 Å². The zero-order valence-electron chi connectivity index (χ0n) is 11.9. The average Bonchev–Trinajstić information content (AvgIpc) is 2.71. The first kappa shape index (κ1) is 15.0. The van der Waals surface area contributed by atoms with Crippen molar-refractivity contribution < 1.29 is 14.3 Å². The Hall–Kier alpha value is -2.35. The molecule has 1 fully saturated rings. The van der Waals surface area contributed by atoms with Gasteiger partial charge in [-0.15, -0.1) is 0 Å². The van der Waals surface area contributed by atoms with Gasteiger partial charge in [0.15, 0.2) is 0 Å². The Bertz CT molecular complexity index is 546. The third-order valence-electron chi connectivity index (χ3n) is 3.47. The van der Waals surface area contributed by atoms with E-state index < -0.39 is 5.97 Å². The number of hydrogen-bond donors (Lipinski definition) is 0. The number of hydrogen-bond acceptors (Lipinski definition) is 4. The van der Waals surface area contributed by atoms with Crippen LogP contribution in [0.3, 0.4) is 0 Å². The molecule has 1 saturated heterocycles. The molecule has 5 heteroatoms. The Labute approximate surface area is 124 Å². The highest BCUT2D eigenvalue weighted by molar-refractivity contribution is 5.82. The van der Waals surface area contributed by atoms with Crippen molar-refractivity contribution in [3.63, 3.8) is 0 Å². The summed E-state index contributed by atoms with van der Waals surface area (Å²) in [5.41, 5.74) is 1.39. The minimum Gasteiger partial charge on any atom is -0.459 e. The topological polar surface area (TPSA) is 70.4 Å². The van der Waals surface area contributed by atoms with E-state index in [0.29, 0.717) is 18.5 Å². The van der Waals surface area contributed by atoms with Crippen molar-refractivity contribution in [2.45, 2.75) is 32.3 Å². The second kappa shape index (κ2) is 7.44. The second-order valence-electron chi connectivity index (χ2n) is 5.10. The van der Waals surface area contributed by atoms with Gasteiger partial charge in [-0.2, -0.15) is 5.26 Å². The molecule has 0 unspecified atom stereocenters. The van der Waals surface area contributed by atoms with Crippen LogP contribution in [-0.4, -0.2) is 29.9 Å². The van der Waals surface area contributed by atoms with Crippen molar-refractivity contribution in [3.8, 4) is 6.07 Å². The number of benzene rings is 1. The molecule has 1 aliphatic heterocycles.